The minimum atomic E-state index is 0.834. The van der Waals surface area contributed by atoms with Gasteiger partial charge in [-0.1, -0.05) is 13.8 Å². The molecule has 1 aliphatic rings. The standard InChI is InChI=1S/C19H35N5S/c1-5-20-19(22-9-7-18-14-25-17(4)23-18)21-8-6-10-24-12-15(2)11-16(3)13-24/h14-16H,5-13H2,1-4H3,(H2,20,21,22). The Labute approximate surface area is 157 Å². The average Bonchev–Trinajstić information content (AvgIpc) is 2.96. The average molecular weight is 366 g/mol. The van der Waals surface area contributed by atoms with Gasteiger partial charge in [0.25, 0.3) is 0 Å². The van der Waals surface area contributed by atoms with Crippen molar-refractivity contribution in [3.05, 3.63) is 16.1 Å². The van der Waals surface area contributed by atoms with E-state index < -0.39 is 0 Å². The van der Waals surface area contributed by atoms with E-state index in [0.717, 1.165) is 61.8 Å². The summed E-state index contributed by atoms with van der Waals surface area (Å²) < 4.78 is 0. The first-order chi connectivity index (χ1) is 12.1. The fourth-order valence-corrected chi connectivity index (χ4v) is 4.28. The number of hydrogen-bond acceptors (Lipinski definition) is 4. The Balaban J connectivity index is 1.67. The quantitative estimate of drug-likeness (QED) is 0.422. The van der Waals surface area contributed by atoms with Gasteiger partial charge in [-0.15, -0.1) is 11.3 Å². The minimum Gasteiger partial charge on any atom is -0.357 e. The molecule has 0 spiro atoms. The van der Waals surface area contributed by atoms with E-state index in [1.165, 1.54) is 25.2 Å². The predicted molar refractivity (Wildman–Crippen MR) is 109 cm³/mol. The van der Waals surface area contributed by atoms with Crippen molar-refractivity contribution in [2.45, 2.75) is 47.0 Å². The van der Waals surface area contributed by atoms with Gasteiger partial charge in [0, 0.05) is 44.5 Å². The van der Waals surface area contributed by atoms with Crippen LogP contribution in [0, 0.1) is 18.8 Å². The van der Waals surface area contributed by atoms with Gasteiger partial charge in [-0.3, -0.25) is 4.99 Å². The van der Waals surface area contributed by atoms with Gasteiger partial charge in [0.1, 0.15) is 0 Å². The molecule has 2 N–H and O–H groups in total. The van der Waals surface area contributed by atoms with Crippen molar-refractivity contribution in [2.24, 2.45) is 16.8 Å². The molecule has 2 heterocycles. The highest BCUT2D eigenvalue weighted by Gasteiger charge is 2.20. The third kappa shape index (κ3) is 7.74. The Kier molecular flexibility index (Phi) is 8.68. The third-order valence-corrected chi connectivity index (χ3v) is 5.35. The fraction of sp³-hybridized carbons (Fsp3) is 0.789. The minimum absolute atomic E-state index is 0.834. The molecule has 0 radical (unpaired) electrons. The fourth-order valence-electron chi connectivity index (χ4n) is 3.63. The summed E-state index contributed by atoms with van der Waals surface area (Å²) in [5.41, 5.74) is 1.17. The van der Waals surface area contributed by atoms with Crippen LogP contribution in [0.3, 0.4) is 0 Å². The van der Waals surface area contributed by atoms with Crippen molar-refractivity contribution in [3.8, 4) is 0 Å². The van der Waals surface area contributed by atoms with Crippen LogP contribution in [0.1, 0.15) is 44.3 Å². The Morgan fingerprint density at radius 3 is 2.72 bits per heavy atom. The molecule has 1 fully saturated rings. The highest BCUT2D eigenvalue weighted by atomic mass is 32.1. The lowest BCUT2D eigenvalue weighted by Gasteiger charge is -2.34. The van der Waals surface area contributed by atoms with E-state index in [1.54, 1.807) is 11.3 Å². The molecule has 2 atom stereocenters. The van der Waals surface area contributed by atoms with E-state index in [9.17, 15) is 0 Å². The second-order valence-electron chi connectivity index (χ2n) is 7.35. The lowest BCUT2D eigenvalue weighted by molar-refractivity contribution is 0.140. The highest BCUT2D eigenvalue weighted by Crippen LogP contribution is 2.20. The van der Waals surface area contributed by atoms with Crippen LogP contribution in [0.4, 0.5) is 0 Å². The first-order valence-corrected chi connectivity index (χ1v) is 10.6. The SMILES string of the molecule is CCNC(=NCCCN1CC(C)CC(C)C1)NCCc1csc(C)n1. The number of thiazole rings is 1. The van der Waals surface area contributed by atoms with Crippen LogP contribution in [0.15, 0.2) is 10.4 Å². The molecule has 1 aromatic heterocycles. The Hall–Kier alpha value is -1.14. The number of rotatable bonds is 8. The summed E-state index contributed by atoms with van der Waals surface area (Å²) in [6.07, 6.45) is 3.45. The first-order valence-electron chi connectivity index (χ1n) is 9.72. The maximum Gasteiger partial charge on any atom is 0.191 e. The summed E-state index contributed by atoms with van der Waals surface area (Å²) in [5, 5.41) is 10.0. The van der Waals surface area contributed by atoms with Crippen molar-refractivity contribution in [2.75, 3.05) is 39.3 Å². The number of nitrogens with zero attached hydrogens (tertiary/aromatic N) is 3. The number of hydrogen-bond donors (Lipinski definition) is 2. The molecule has 25 heavy (non-hydrogen) atoms. The van der Waals surface area contributed by atoms with Crippen molar-refractivity contribution >= 4 is 17.3 Å². The van der Waals surface area contributed by atoms with Crippen LogP contribution in [0.5, 0.6) is 0 Å². The normalized spacial score (nSPS) is 22.2. The van der Waals surface area contributed by atoms with Crippen LogP contribution in [0.25, 0.3) is 0 Å². The van der Waals surface area contributed by atoms with Crippen LogP contribution >= 0.6 is 11.3 Å². The molecule has 0 bridgehead atoms. The van der Waals surface area contributed by atoms with Crippen molar-refractivity contribution in [1.82, 2.24) is 20.5 Å². The Morgan fingerprint density at radius 1 is 1.32 bits per heavy atom. The maximum atomic E-state index is 4.72. The van der Waals surface area contributed by atoms with E-state index in [-0.39, 0.29) is 0 Å². The Morgan fingerprint density at radius 2 is 2.08 bits per heavy atom. The summed E-state index contributed by atoms with van der Waals surface area (Å²) >= 11 is 1.71. The number of likely N-dealkylation sites (tertiary alicyclic amines) is 1. The number of aryl methyl sites for hydroxylation is 1. The molecular formula is C19H35N5S. The zero-order valence-electron chi connectivity index (χ0n) is 16.3. The van der Waals surface area contributed by atoms with Gasteiger partial charge in [0.05, 0.1) is 10.7 Å². The van der Waals surface area contributed by atoms with Gasteiger partial charge in [-0.2, -0.15) is 0 Å². The number of guanidine groups is 1. The highest BCUT2D eigenvalue weighted by molar-refractivity contribution is 7.09. The molecule has 0 amide bonds. The van der Waals surface area contributed by atoms with Crippen LogP contribution in [-0.4, -0.2) is 55.1 Å². The zero-order chi connectivity index (χ0) is 18.1. The van der Waals surface area contributed by atoms with Crippen molar-refractivity contribution in [1.29, 1.82) is 0 Å². The van der Waals surface area contributed by atoms with Gasteiger partial charge >= 0.3 is 0 Å². The van der Waals surface area contributed by atoms with Gasteiger partial charge < -0.3 is 15.5 Å². The van der Waals surface area contributed by atoms with Crippen molar-refractivity contribution in [3.63, 3.8) is 0 Å². The molecule has 0 aromatic carbocycles. The lowest BCUT2D eigenvalue weighted by atomic mass is 9.92. The summed E-state index contributed by atoms with van der Waals surface area (Å²) in [4.78, 5) is 11.8. The number of piperidine rings is 1. The van der Waals surface area contributed by atoms with Crippen LogP contribution < -0.4 is 10.6 Å². The summed E-state index contributed by atoms with van der Waals surface area (Å²) in [5.74, 6) is 2.59. The van der Waals surface area contributed by atoms with E-state index in [0.29, 0.717) is 0 Å². The molecule has 1 saturated heterocycles. The molecule has 2 rings (SSSR count). The number of aromatic nitrogens is 1. The molecule has 5 nitrogen and oxygen atoms in total. The molecule has 1 aromatic rings. The molecular weight excluding hydrogens is 330 g/mol. The van der Waals surface area contributed by atoms with E-state index in [4.69, 9.17) is 4.99 Å². The largest absolute Gasteiger partial charge is 0.357 e. The van der Waals surface area contributed by atoms with E-state index in [1.807, 2.05) is 0 Å². The summed E-state index contributed by atoms with van der Waals surface area (Å²) in [7, 11) is 0. The van der Waals surface area contributed by atoms with Crippen LogP contribution in [-0.2, 0) is 6.42 Å². The van der Waals surface area contributed by atoms with Gasteiger partial charge in [0.2, 0.25) is 0 Å². The second kappa shape index (κ2) is 10.8. The van der Waals surface area contributed by atoms with Gasteiger partial charge in [0.15, 0.2) is 5.96 Å². The van der Waals surface area contributed by atoms with Crippen LogP contribution in [0.2, 0.25) is 0 Å². The molecule has 0 saturated carbocycles. The van der Waals surface area contributed by atoms with Crippen molar-refractivity contribution < 1.29 is 0 Å². The molecule has 0 aliphatic carbocycles. The third-order valence-electron chi connectivity index (χ3n) is 4.53. The first kappa shape index (κ1) is 20.2. The van der Waals surface area contributed by atoms with E-state index >= 15 is 0 Å². The van der Waals surface area contributed by atoms with Gasteiger partial charge in [-0.25, -0.2) is 4.98 Å². The maximum absolute atomic E-state index is 4.72. The smallest absolute Gasteiger partial charge is 0.191 e. The summed E-state index contributed by atoms with van der Waals surface area (Å²) in [6.45, 7) is 15.2. The molecule has 6 heteroatoms. The lowest BCUT2D eigenvalue weighted by Crippen LogP contribution is -2.40. The molecule has 2 unspecified atom stereocenters. The zero-order valence-corrected chi connectivity index (χ0v) is 17.2. The number of aliphatic imine (C=N–C) groups is 1. The van der Waals surface area contributed by atoms with Gasteiger partial charge in [-0.05, 0) is 45.1 Å². The second-order valence-corrected chi connectivity index (χ2v) is 8.42. The van der Waals surface area contributed by atoms with E-state index in [2.05, 4.69) is 53.6 Å². The Bertz CT molecular complexity index is 518. The summed E-state index contributed by atoms with van der Waals surface area (Å²) in [6, 6.07) is 0. The predicted octanol–water partition coefficient (Wildman–Crippen LogP) is 2.92. The topological polar surface area (TPSA) is 52.6 Å². The monoisotopic (exact) mass is 365 g/mol. The number of nitrogens with one attached hydrogen (secondary N) is 2. The molecule has 1 aliphatic heterocycles. The molecule has 142 valence electrons.